The Hall–Kier alpha value is -0.530. The van der Waals surface area contributed by atoms with Gasteiger partial charge in [-0.2, -0.15) is 0 Å². The van der Waals surface area contributed by atoms with Gasteiger partial charge in [0.05, 0.1) is 11.9 Å². The van der Waals surface area contributed by atoms with E-state index in [1.54, 1.807) is 0 Å². The van der Waals surface area contributed by atoms with Gasteiger partial charge in [-0.25, -0.2) is 0 Å². The number of amidine groups is 1. The molecule has 2 nitrogen and oxygen atoms in total. The van der Waals surface area contributed by atoms with Gasteiger partial charge in [0.2, 0.25) is 0 Å². The predicted octanol–water partition coefficient (Wildman–Crippen LogP) is 6.25. The van der Waals surface area contributed by atoms with Crippen LogP contribution in [0, 0.1) is 5.92 Å². The minimum Gasteiger partial charge on any atom is -0.371 e. The number of hydrogen-bond acceptors (Lipinski definition) is 1. The van der Waals surface area contributed by atoms with E-state index in [0.29, 0.717) is 12.1 Å². The first kappa shape index (κ1) is 18.8. The highest BCUT2D eigenvalue weighted by atomic mass is 15.0. The van der Waals surface area contributed by atoms with Crippen molar-refractivity contribution in [1.82, 2.24) is 5.32 Å². The number of rotatable bonds is 8. The lowest BCUT2D eigenvalue weighted by atomic mass is 9.93. The number of nitrogens with one attached hydrogen (secondary N) is 1. The summed E-state index contributed by atoms with van der Waals surface area (Å²) >= 11 is 0. The Labute approximate surface area is 144 Å². The average Bonchev–Trinajstić information content (AvgIpc) is 2.57. The van der Waals surface area contributed by atoms with Crippen LogP contribution in [0.5, 0.6) is 0 Å². The van der Waals surface area contributed by atoms with Crippen LogP contribution in [0.2, 0.25) is 0 Å². The maximum atomic E-state index is 5.20. The molecule has 0 aromatic carbocycles. The third kappa shape index (κ3) is 7.72. The van der Waals surface area contributed by atoms with Crippen LogP contribution in [0.25, 0.3) is 0 Å². The molecule has 0 aromatic rings. The van der Waals surface area contributed by atoms with Gasteiger partial charge in [0.15, 0.2) is 0 Å². The lowest BCUT2D eigenvalue weighted by Crippen LogP contribution is -2.38. The second kappa shape index (κ2) is 11.1. The average molecular weight is 321 g/mol. The van der Waals surface area contributed by atoms with Gasteiger partial charge in [-0.1, -0.05) is 78.1 Å². The van der Waals surface area contributed by atoms with Crippen molar-refractivity contribution in [3.8, 4) is 0 Å². The van der Waals surface area contributed by atoms with Crippen LogP contribution in [-0.2, 0) is 0 Å². The Kier molecular flexibility index (Phi) is 9.07. The first-order chi connectivity index (χ1) is 11.3. The lowest BCUT2D eigenvalue weighted by Gasteiger charge is -2.27. The largest absolute Gasteiger partial charge is 0.371 e. The summed E-state index contributed by atoms with van der Waals surface area (Å²) < 4.78 is 0. The highest BCUT2D eigenvalue weighted by molar-refractivity contribution is 5.82. The molecular weight excluding hydrogens is 280 g/mol. The van der Waals surface area contributed by atoms with Crippen molar-refractivity contribution >= 4 is 5.84 Å². The quantitative estimate of drug-likeness (QED) is 0.319. The number of unbranched alkanes of at least 4 members (excludes halogenated alkanes) is 2. The van der Waals surface area contributed by atoms with Crippen molar-refractivity contribution in [1.29, 1.82) is 0 Å². The molecule has 0 bridgehead atoms. The zero-order chi connectivity index (χ0) is 16.3. The first-order valence-electron chi connectivity index (χ1n) is 10.6. The Morgan fingerprint density at radius 3 is 2.26 bits per heavy atom. The SMILES string of the molecule is CCCCCC(C)CC(=NC1CCCCC1)NC1CCCCC1. The maximum Gasteiger partial charge on any atom is 0.0971 e. The molecule has 23 heavy (non-hydrogen) atoms. The van der Waals surface area contributed by atoms with E-state index < -0.39 is 0 Å². The van der Waals surface area contributed by atoms with Crippen molar-refractivity contribution in [2.75, 3.05) is 0 Å². The molecule has 134 valence electrons. The Balaban J connectivity index is 1.87. The van der Waals surface area contributed by atoms with E-state index in [0.717, 1.165) is 5.92 Å². The van der Waals surface area contributed by atoms with Gasteiger partial charge < -0.3 is 5.32 Å². The summed E-state index contributed by atoms with van der Waals surface area (Å²) in [6.07, 6.45) is 20.4. The lowest BCUT2D eigenvalue weighted by molar-refractivity contribution is 0.401. The van der Waals surface area contributed by atoms with E-state index >= 15 is 0 Å². The molecular formula is C21H40N2. The molecule has 0 saturated heterocycles. The molecule has 2 fully saturated rings. The summed E-state index contributed by atoms with van der Waals surface area (Å²) in [7, 11) is 0. The third-order valence-electron chi connectivity index (χ3n) is 5.73. The summed E-state index contributed by atoms with van der Waals surface area (Å²) in [4.78, 5) is 5.20. The minimum atomic E-state index is 0.609. The van der Waals surface area contributed by atoms with Crippen LogP contribution < -0.4 is 5.32 Å². The van der Waals surface area contributed by atoms with E-state index in [-0.39, 0.29) is 0 Å². The summed E-state index contributed by atoms with van der Waals surface area (Å²) in [5, 5.41) is 3.87. The standard InChI is InChI=1S/C21H40N2/c1-3-4-7-12-18(2)17-21(22-19-13-8-5-9-14-19)23-20-15-10-6-11-16-20/h18-20H,3-17H2,1-2H3,(H,22,23). The Morgan fingerprint density at radius 2 is 1.61 bits per heavy atom. The zero-order valence-corrected chi connectivity index (χ0v) is 15.8. The smallest absolute Gasteiger partial charge is 0.0971 e. The van der Waals surface area contributed by atoms with Gasteiger partial charge in [-0.15, -0.1) is 0 Å². The molecule has 2 saturated carbocycles. The van der Waals surface area contributed by atoms with E-state index in [9.17, 15) is 0 Å². The van der Waals surface area contributed by atoms with Crippen molar-refractivity contribution in [2.24, 2.45) is 10.9 Å². The van der Waals surface area contributed by atoms with Crippen LogP contribution in [-0.4, -0.2) is 17.9 Å². The molecule has 2 aliphatic rings. The topological polar surface area (TPSA) is 24.4 Å². The van der Waals surface area contributed by atoms with Crippen LogP contribution >= 0.6 is 0 Å². The van der Waals surface area contributed by atoms with Gasteiger partial charge in [0.1, 0.15) is 0 Å². The van der Waals surface area contributed by atoms with Crippen molar-refractivity contribution in [3.05, 3.63) is 0 Å². The Bertz CT molecular complexity index is 325. The van der Waals surface area contributed by atoms with Crippen LogP contribution in [0.15, 0.2) is 4.99 Å². The van der Waals surface area contributed by atoms with E-state index in [2.05, 4.69) is 19.2 Å². The molecule has 1 N–H and O–H groups in total. The zero-order valence-electron chi connectivity index (χ0n) is 15.8. The molecule has 0 spiro atoms. The summed E-state index contributed by atoms with van der Waals surface area (Å²) in [6.45, 7) is 4.72. The summed E-state index contributed by atoms with van der Waals surface area (Å²) in [5.74, 6) is 2.13. The van der Waals surface area contributed by atoms with E-state index in [1.165, 1.54) is 102 Å². The minimum absolute atomic E-state index is 0.609. The maximum absolute atomic E-state index is 5.20. The molecule has 0 heterocycles. The van der Waals surface area contributed by atoms with Gasteiger partial charge in [-0.3, -0.25) is 4.99 Å². The highest BCUT2D eigenvalue weighted by Gasteiger charge is 2.18. The Morgan fingerprint density at radius 1 is 0.957 bits per heavy atom. The molecule has 1 atom stereocenters. The molecule has 2 aliphatic carbocycles. The normalized spacial score (nSPS) is 23.0. The fraction of sp³-hybridized carbons (Fsp3) is 0.952. The van der Waals surface area contributed by atoms with E-state index in [1.807, 2.05) is 0 Å². The molecule has 0 amide bonds. The van der Waals surface area contributed by atoms with Crippen LogP contribution in [0.3, 0.4) is 0 Å². The number of nitrogens with zero attached hydrogens (tertiary/aromatic N) is 1. The van der Waals surface area contributed by atoms with Crippen molar-refractivity contribution in [3.63, 3.8) is 0 Å². The third-order valence-corrected chi connectivity index (χ3v) is 5.73. The molecule has 2 heteroatoms. The molecule has 0 radical (unpaired) electrons. The number of hydrogen-bond donors (Lipinski definition) is 1. The predicted molar refractivity (Wildman–Crippen MR) is 102 cm³/mol. The molecule has 2 rings (SSSR count). The molecule has 1 unspecified atom stereocenters. The highest BCUT2D eigenvalue weighted by Crippen LogP contribution is 2.23. The van der Waals surface area contributed by atoms with Crippen molar-refractivity contribution < 1.29 is 0 Å². The first-order valence-corrected chi connectivity index (χ1v) is 10.6. The molecule has 0 aromatic heterocycles. The van der Waals surface area contributed by atoms with Crippen LogP contribution in [0.4, 0.5) is 0 Å². The fourth-order valence-electron chi connectivity index (χ4n) is 4.24. The summed E-state index contributed by atoms with van der Waals surface area (Å²) in [5.41, 5.74) is 0. The summed E-state index contributed by atoms with van der Waals surface area (Å²) in [6, 6.07) is 1.31. The van der Waals surface area contributed by atoms with Gasteiger partial charge in [0, 0.05) is 12.5 Å². The molecule has 0 aliphatic heterocycles. The second-order valence-electron chi connectivity index (χ2n) is 8.15. The fourth-order valence-corrected chi connectivity index (χ4v) is 4.24. The van der Waals surface area contributed by atoms with E-state index in [4.69, 9.17) is 4.99 Å². The van der Waals surface area contributed by atoms with Crippen LogP contribution in [0.1, 0.15) is 110 Å². The van der Waals surface area contributed by atoms with Gasteiger partial charge >= 0.3 is 0 Å². The second-order valence-corrected chi connectivity index (χ2v) is 8.15. The van der Waals surface area contributed by atoms with Gasteiger partial charge in [0.25, 0.3) is 0 Å². The number of aliphatic imine (C=N–C) groups is 1. The van der Waals surface area contributed by atoms with Gasteiger partial charge in [-0.05, 0) is 31.6 Å². The van der Waals surface area contributed by atoms with Crippen molar-refractivity contribution in [2.45, 2.75) is 122 Å². The monoisotopic (exact) mass is 320 g/mol.